The number of anilines is 1. The number of hydrogen-bond donors (Lipinski definition) is 3. The summed E-state index contributed by atoms with van der Waals surface area (Å²) in [7, 11) is 0. The number of rotatable bonds is 5. The zero-order valence-corrected chi connectivity index (χ0v) is 19.7. The molecule has 1 aromatic heterocycles. The van der Waals surface area contributed by atoms with Crippen molar-refractivity contribution in [2.24, 2.45) is 11.0 Å². The van der Waals surface area contributed by atoms with E-state index in [1.807, 2.05) is 24.3 Å². The summed E-state index contributed by atoms with van der Waals surface area (Å²) in [4.78, 5) is 38.5. The Labute approximate surface area is 200 Å². The molecule has 1 aliphatic carbocycles. The van der Waals surface area contributed by atoms with Crippen LogP contribution in [0.4, 0.5) is 5.00 Å². The number of hydrogen-bond acceptors (Lipinski definition) is 7. The molecular formula is C25H25N3O5S. The molecule has 4 rings (SSSR count). The molecule has 2 aromatic carbocycles. The van der Waals surface area contributed by atoms with Gasteiger partial charge in [0.25, 0.3) is 0 Å². The number of phenolic OH excluding ortho intramolecular Hbond substituents is 1. The summed E-state index contributed by atoms with van der Waals surface area (Å²) in [6.07, 6.45) is 3.77. The van der Waals surface area contributed by atoms with E-state index in [1.54, 1.807) is 13.0 Å². The second kappa shape index (κ2) is 10.0. The maximum Gasteiger partial charge on any atom is 0.341 e. The zero-order valence-electron chi connectivity index (χ0n) is 18.9. The summed E-state index contributed by atoms with van der Waals surface area (Å²) >= 11 is 1.31. The fourth-order valence-electron chi connectivity index (χ4n) is 4.04. The molecule has 9 heteroatoms. The Bertz CT molecular complexity index is 1300. The van der Waals surface area contributed by atoms with E-state index >= 15 is 0 Å². The number of esters is 1. The third kappa shape index (κ3) is 4.79. The molecule has 176 valence electrons. The van der Waals surface area contributed by atoms with Crippen molar-refractivity contribution < 1.29 is 24.2 Å². The third-order valence-corrected chi connectivity index (χ3v) is 6.90. The first kappa shape index (κ1) is 23.4. The first-order valence-electron chi connectivity index (χ1n) is 11.1. The Morgan fingerprint density at radius 3 is 2.79 bits per heavy atom. The van der Waals surface area contributed by atoms with Gasteiger partial charge < -0.3 is 15.2 Å². The van der Waals surface area contributed by atoms with Gasteiger partial charge >= 0.3 is 17.8 Å². The van der Waals surface area contributed by atoms with Gasteiger partial charge in [-0.15, -0.1) is 11.3 Å². The zero-order chi connectivity index (χ0) is 24.2. The maximum atomic E-state index is 12.6. The number of thiophene rings is 1. The van der Waals surface area contributed by atoms with Gasteiger partial charge in [0.05, 0.1) is 18.4 Å². The molecule has 1 heterocycles. The number of nitrogens with one attached hydrogen (secondary N) is 2. The minimum atomic E-state index is -0.995. The number of benzene rings is 2. The molecule has 3 aromatic rings. The quantitative estimate of drug-likeness (QED) is 0.221. The number of ether oxygens (including phenoxy) is 1. The van der Waals surface area contributed by atoms with Crippen molar-refractivity contribution in [2.75, 3.05) is 11.9 Å². The average Bonchev–Trinajstić information content (AvgIpc) is 3.17. The topological polar surface area (TPSA) is 117 Å². The number of aromatic hydroxyl groups is 1. The van der Waals surface area contributed by atoms with Gasteiger partial charge in [-0.25, -0.2) is 10.2 Å². The van der Waals surface area contributed by atoms with Gasteiger partial charge in [0.2, 0.25) is 0 Å². The van der Waals surface area contributed by atoms with Crippen LogP contribution in [-0.4, -0.2) is 35.7 Å². The first-order valence-corrected chi connectivity index (χ1v) is 11.9. The first-order chi connectivity index (χ1) is 16.4. The highest BCUT2D eigenvalue weighted by Crippen LogP contribution is 2.40. The number of phenols is 1. The van der Waals surface area contributed by atoms with Crippen LogP contribution < -0.4 is 10.7 Å². The molecule has 34 heavy (non-hydrogen) atoms. The Kier molecular flexibility index (Phi) is 6.93. The van der Waals surface area contributed by atoms with Crippen molar-refractivity contribution in [1.82, 2.24) is 5.43 Å². The van der Waals surface area contributed by atoms with Crippen LogP contribution in [0.3, 0.4) is 0 Å². The van der Waals surface area contributed by atoms with Crippen molar-refractivity contribution in [3.8, 4) is 5.75 Å². The molecule has 2 amide bonds. The fraction of sp³-hybridized carbons (Fsp3) is 0.280. The summed E-state index contributed by atoms with van der Waals surface area (Å²) in [5, 5.41) is 18.5. The molecular weight excluding hydrogens is 454 g/mol. The molecule has 0 saturated heterocycles. The number of amides is 2. The number of nitrogens with zero attached hydrogens (tertiary/aromatic N) is 1. The lowest BCUT2D eigenvalue weighted by Crippen LogP contribution is -2.32. The van der Waals surface area contributed by atoms with Crippen LogP contribution in [0.5, 0.6) is 5.75 Å². The summed E-state index contributed by atoms with van der Waals surface area (Å²) in [6.45, 7) is 4.07. The Morgan fingerprint density at radius 1 is 1.21 bits per heavy atom. The van der Waals surface area contributed by atoms with E-state index in [2.05, 4.69) is 22.8 Å². The number of fused-ring (bicyclic) bond motifs is 2. The summed E-state index contributed by atoms with van der Waals surface area (Å²) in [5.41, 5.74) is 3.82. The standard InChI is InChI=1S/C25H25N3O5S/c1-3-33-25(32)21-17-10-8-14(2)12-20(17)34-24(21)27-22(30)23(31)28-26-13-18-16-7-5-4-6-15(16)9-11-19(18)29/h4-7,9,11,13-14,29H,3,8,10,12H2,1-2H3,(H,27,30)(H,28,31)/b26-13-/t14-/m1/s1. The van der Waals surface area contributed by atoms with Crippen LogP contribution in [-0.2, 0) is 27.2 Å². The SMILES string of the molecule is CCOC(=O)c1c(NC(=O)C(=O)N/N=C\c2c(O)ccc3ccccc23)sc2c1CC[C@@H](C)C2. The fourth-order valence-corrected chi connectivity index (χ4v) is 5.44. The molecule has 0 unspecified atom stereocenters. The van der Waals surface area contributed by atoms with E-state index in [0.717, 1.165) is 40.5 Å². The predicted octanol–water partition coefficient (Wildman–Crippen LogP) is 4.00. The van der Waals surface area contributed by atoms with Gasteiger partial charge in [-0.05, 0) is 54.5 Å². The lowest BCUT2D eigenvalue weighted by molar-refractivity contribution is -0.136. The summed E-state index contributed by atoms with van der Waals surface area (Å²) < 4.78 is 5.19. The second-order valence-corrected chi connectivity index (χ2v) is 9.25. The highest BCUT2D eigenvalue weighted by Gasteiger charge is 2.30. The minimum Gasteiger partial charge on any atom is -0.507 e. The summed E-state index contributed by atoms with van der Waals surface area (Å²) in [5.74, 6) is -1.97. The van der Waals surface area contributed by atoms with Gasteiger partial charge in [0.15, 0.2) is 0 Å². The van der Waals surface area contributed by atoms with Crippen molar-refractivity contribution in [2.45, 2.75) is 33.1 Å². The Hall–Kier alpha value is -3.72. The second-order valence-electron chi connectivity index (χ2n) is 8.15. The van der Waals surface area contributed by atoms with Crippen LogP contribution in [0, 0.1) is 5.92 Å². The predicted molar refractivity (Wildman–Crippen MR) is 131 cm³/mol. The third-order valence-electron chi connectivity index (χ3n) is 5.73. The van der Waals surface area contributed by atoms with Crippen molar-refractivity contribution >= 4 is 51.1 Å². The average molecular weight is 480 g/mol. The van der Waals surface area contributed by atoms with Gasteiger partial charge in [-0.3, -0.25) is 9.59 Å². The van der Waals surface area contributed by atoms with Crippen molar-refractivity contribution in [3.05, 3.63) is 58.0 Å². The van der Waals surface area contributed by atoms with Crippen LogP contribution in [0.2, 0.25) is 0 Å². The molecule has 0 radical (unpaired) electrons. The lowest BCUT2D eigenvalue weighted by atomic mass is 9.88. The van der Waals surface area contributed by atoms with Crippen LogP contribution in [0.1, 0.15) is 46.6 Å². The van der Waals surface area contributed by atoms with Gasteiger partial charge in [0.1, 0.15) is 10.8 Å². The lowest BCUT2D eigenvalue weighted by Gasteiger charge is -2.18. The van der Waals surface area contributed by atoms with E-state index in [0.29, 0.717) is 22.0 Å². The van der Waals surface area contributed by atoms with Crippen molar-refractivity contribution in [3.63, 3.8) is 0 Å². The number of carbonyl (C=O) groups is 3. The van der Waals surface area contributed by atoms with Gasteiger partial charge in [-0.2, -0.15) is 5.10 Å². The molecule has 1 aliphatic rings. The van der Waals surface area contributed by atoms with E-state index in [1.165, 1.54) is 23.6 Å². The van der Waals surface area contributed by atoms with Gasteiger partial charge in [0, 0.05) is 10.4 Å². The largest absolute Gasteiger partial charge is 0.507 e. The number of carbonyl (C=O) groups excluding carboxylic acids is 3. The van der Waals surface area contributed by atoms with E-state index in [-0.39, 0.29) is 12.4 Å². The Balaban J connectivity index is 1.50. The Morgan fingerprint density at radius 2 is 2.00 bits per heavy atom. The molecule has 8 nitrogen and oxygen atoms in total. The van der Waals surface area contributed by atoms with Crippen LogP contribution in [0.15, 0.2) is 41.5 Å². The highest BCUT2D eigenvalue weighted by molar-refractivity contribution is 7.17. The number of hydrazone groups is 1. The summed E-state index contributed by atoms with van der Waals surface area (Å²) in [6, 6.07) is 10.7. The smallest absolute Gasteiger partial charge is 0.341 e. The van der Waals surface area contributed by atoms with Gasteiger partial charge in [-0.1, -0.05) is 37.3 Å². The normalized spacial score (nSPS) is 15.2. The molecule has 0 aliphatic heterocycles. The molecule has 0 bridgehead atoms. The minimum absolute atomic E-state index is 0.00127. The monoisotopic (exact) mass is 479 g/mol. The molecule has 0 spiro atoms. The molecule has 0 fully saturated rings. The van der Waals surface area contributed by atoms with Crippen LogP contribution >= 0.6 is 11.3 Å². The molecule has 3 N–H and O–H groups in total. The highest BCUT2D eigenvalue weighted by atomic mass is 32.1. The molecule has 0 saturated carbocycles. The van der Waals surface area contributed by atoms with Crippen LogP contribution in [0.25, 0.3) is 10.8 Å². The molecule has 1 atom stereocenters. The van der Waals surface area contributed by atoms with Crippen molar-refractivity contribution in [1.29, 1.82) is 0 Å². The maximum absolute atomic E-state index is 12.6. The van der Waals surface area contributed by atoms with E-state index in [9.17, 15) is 19.5 Å². The van der Waals surface area contributed by atoms with E-state index in [4.69, 9.17) is 4.74 Å². The van der Waals surface area contributed by atoms with E-state index < -0.39 is 17.8 Å².